The summed E-state index contributed by atoms with van der Waals surface area (Å²) in [4.78, 5) is 27.5. The van der Waals surface area contributed by atoms with Crippen LogP contribution in [-0.2, 0) is 14.3 Å². The number of unbranched alkanes of at least 4 members (excludes halogenated alkanes) is 1. The van der Waals surface area contributed by atoms with Crippen molar-refractivity contribution >= 4 is 17.5 Å². The highest BCUT2D eigenvalue weighted by Gasteiger charge is 2.34. The van der Waals surface area contributed by atoms with E-state index in [1.165, 1.54) is 0 Å². The molecule has 1 aromatic rings. The standard InChI is InChI=1S/C27H45N3O5/c1-6-7-13-29-26(33)19(2)15-23(31)21(28)16-27(3,4)17-25(32)30-18-20(12-14-34-5)35-24-11-9-8-10-22(24)30/h8-11,19-21,23,31H,6-7,12-18,28H2,1-5H3,(H,29,33)/t19-,20?,21+,23+/m1/s1. The summed E-state index contributed by atoms with van der Waals surface area (Å²) >= 11 is 0. The number of carbonyl (C=O) groups excluding carboxylic acids is 2. The number of fused-ring (bicyclic) bond motifs is 1. The number of nitrogens with two attached hydrogens (primary N) is 1. The number of nitrogens with zero attached hydrogens (tertiary/aromatic N) is 1. The third-order valence-corrected chi connectivity index (χ3v) is 6.57. The largest absolute Gasteiger partial charge is 0.486 e. The zero-order valence-electron chi connectivity index (χ0n) is 22.1. The normalized spacial score (nSPS) is 18.3. The van der Waals surface area contributed by atoms with Crippen LogP contribution in [0.15, 0.2) is 24.3 Å². The van der Waals surface area contributed by atoms with Gasteiger partial charge < -0.3 is 30.5 Å². The van der Waals surface area contributed by atoms with Gasteiger partial charge in [-0.3, -0.25) is 9.59 Å². The lowest BCUT2D eigenvalue weighted by molar-refractivity contribution is -0.125. The van der Waals surface area contributed by atoms with Gasteiger partial charge in [0.25, 0.3) is 0 Å². The monoisotopic (exact) mass is 491 g/mol. The fourth-order valence-corrected chi connectivity index (χ4v) is 4.49. The number of para-hydroxylation sites is 2. The van der Waals surface area contributed by atoms with E-state index in [0.717, 1.165) is 18.5 Å². The molecule has 8 nitrogen and oxygen atoms in total. The molecule has 0 aliphatic carbocycles. The van der Waals surface area contributed by atoms with Crippen molar-refractivity contribution in [3.63, 3.8) is 0 Å². The lowest BCUT2D eigenvalue weighted by atomic mass is 9.80. The number of hydrogen-bond acceptors (Lipinski definition) is 6. The molecule has 1 aliphatic rings. The van der Waals surface area contributed by atoms with E-state index in [2.05, 4.69) is 12.2 Å². The number of amides is 2. The Morgan fingerprint density at radius 1 is 1.34 bits per heavy atom. The average molecular weight is 492 g/mol. The van der Waals surface area contributed by atoms with Crippen LogP contribution in [0.1, 0.15) is 66.2 Å². The van der Waals surface area contributed by atoms with E-state index in [4.69, 9.17) is 15.2 Å². The third-order valence-electron chi connectivity index (χ3n) is 6.57. The molecule has 8 heteroatoms. The summed E-state index contributed by atoms with van der Waals surface area (Å²) < 4.78 is 11.3. The predicted molar refractivity (Wildman–Crippen MR) is 138 cm³/mol. The molecular weight excluding hydrogens is 446 g/mol. The lowest BCUT2D eigenvalue weighted by Gasteiger charge is -2.37. The van der Waals surface area contributed by atoms with Crippen molar-refractivity contribution in [2.24, 2.45) is 17.1 Å². The van der Waals surface area contributed by atoms with Crippen LogP contribution in [0.25, 0.3) is 0 Å². The first-order chi connectivity index (χ1) is 16.6. The first-order valence-corrected chi connectivity index (χ1v) is 12.8. The van der Waals surface area contributed by atoms with E-state index in [1.807, 2.05) is 45.0 Å². The van der Waals surface area contributed by atoms with Crippen LogP contribution >= 0.6 is 0 Å². The summed E-state index contributed by atoms with van der Waals surface area (Å²) in [5.74, 6) is 0.308. The van der Waals surface area contributed by atoms with Crippen molar-refractivity contribution < 1.29 is 24.2 Å². The molecule has 0 bridgehead atoms. The molecule has 0 spiro atoms. The first-order valence-electron chi connectivity index (χ1n) is 12.8. The zero-order chi connectivity index (χ0) is 26.0. The first kappa shape index (κ1) is 29.1. The van der Waals surface area contributed by atoms with E-state index in [-0.39, 0.29) is 30.3 Å². The van der Waals surface area contributed by atoms with Gasteiger partial charge in [0.05, 0.1) is 18.3 Å². The molecule has 1 heterocycles. The SMILES string of the molecule is CCCCNC(=O)[C@H](C)C[C@H](O)[C@@H](N)CC(C)(C)CC(=O)N1CC(CCOC)Oc2ccccc21. The quantitative estimate of drug-likeness (QED) is 0.344. The summed E-state index contributed by atoms with van der Waals surface area (Å²) in [6, 6.07) is 7.04. The topological polar surface area (TPSA) is 114 Å². The molecule has 35 heavy (non-hydrogen) atoms. The number of aliphatic hydroxyl groups is 1. The number of methoxy groups -OCH3 is 1. The molecule has 198 valence electrons. The van der Waals surface area contributed by atoms with Crippen molar-refractivity contribution in [2.75, 3.05) is 31.7 Å². The number of aliphatic hydroxyl groups excluding tert-OH is 1. The van der Waals surface area contributed by atoms with Gasteiger partial charge in [-0.05, 0) is 36.8 Å². The fraction of sp³-hybridized carbons (Fsp3) is 0.704. The minimum atomic E-state index is -0.821. The molecule has 1 aromatic carbocycles. The Bertz CT molecular complexity index is 816. The molecular formula is C27H45N3O5. The van der Waals surface area contributed by atoms with Crippen molar-refractivity contribution in [1.82, 2.24) is 5.32 Å². The van der Waals surface area contributed by atoms with E-state index < -0.39 is 17.6 Å². The zero-order valence-corrected chi connectivity index (χ0v) is 22.1. The van der Waals surface area contributed by atoms with Crippen molar-refractivity contribution in [3.05, 3.63) is 24.3 Å². The summed E-state index contributed by atoms with van der Waals surface area (Å²) in [5.41, 5.74) is 6.68. The number of benzene rings is 1. The smallest absolute Gasteiger partial charge is 0.227 e. The molecule has 0 radical (unpaired) electrons. The van der Waals surface area contributed by atoms with Gasteiger partial charge in [-0.1, -0.05) is 46.2 Å². The number of carbonyl (C=O) groups is 2. The molecule has 4 atom stereocenters. The molecule has 4 N–H and O–H groups in total. The molecule has 1 aliphatic heterocycles. The van der Waals surface area contributed by atoms with Crippen LogP contribution < -0.4 is 20.7 Å². The van der Waals surface area contributed by atoms with Crippen LogP contribution in [0, 0.1) is 11.3 Å². The molecule has 1 unspecified atom stereocenters. The maximum Gasteiger partial charge on any atom is 0.227 e. The van der Waals surface area contributed by atoms with Gasteiger partial charge in [0.2, 0.25) is 11.8 Å². The number of ether oxygens (including phenoxy) is 2. The second-order valence-corrected chi connectivity index (χ2v) is 10.6. The highest BCUT2D eigenvalue weighted by atomic mass is 16.5. The average Bonchev–Trinajstić information content (AvgIpc) is 2.81. The van der Waals surface area contributed by atoms with E-state index in [9.17, 15) is 14.7 Å². The van der Waals surface area contributed by atoms with Crippen molar-refractivity contribution in [1.29, 1.82) is 0 Å². The summed E-state index contributed by atoms with van der Waals surface area (Å²) in [6.07, 6.45) is 2.73. The number of rotatable bonds is 14. The van der Waals surface area contributed by atoms with Gasteiger partial charge in [-0.25, -0.2) is 0 Å². The van der Waals surface area contributed by atoms with Gasteiger partial charge in [0.15, 0.2) is 0 Å². The minimum Gasteiger partial charge on any atom is -0.486 e. The molecule has 0 aromatic heterocycles. The summed E-state index contributed by atoms with van der Waals surface area (Å²) in [7, 11) is 1.65. The lowest BCUT2D eigenvalue weighted by Crippen LogP contribution is -2.46. The van der Waals surface area contributed by atoms with Crippen LogP contribution in [0.5, 0.6) is 5.75 Å². The van der Waals surface area contributed by atoms with Gasteiger partial charge in [0, 0.05) is 45.1 Å². The minimum absolute atomic E-state index is 0.00136. The van der Waals surface area contributed by atoms with E-state index >= 15 is 0 Å². The predicted octanol–water partition coefficient (Wildman–Crippen LogP) is 3.25. The number of hydrogen-bond donors (Lipinski definition) is 3. The van der Waals surface area contributed by atoms with Crippen LogP contribution in [0.4, 0.5) is 5.69 Å². The van der Waals surface area contributed by atoms with E-state index in [0.29, 0.717) is 44.7 Å². The Hall–Kier alpha value is -2.16. The van der Waals surface area contributed by atoms with Gasteiger partial charge >= 0.3 is 0 Å². The second-order valence-electron chi connectivity index (χ2n) is 10.6. The van der Waals surface area contributed by atoms with Crippen molar-refractivity contribution in [3.8, 4) is 5.75 Å². The second kappa shape index (κ2) is 13.8. The van der Waals surface area contributed by atoms with Crippen LogP contribution in [0.2, 0.25) is 0 Å². The van der Waals surface area contributed by atoms with E-state index in [1.54, 1.807) is 12.0 Å². The third kappa shape index (κ3) is 9.09. The Morgan fingerprint density at radius 3 is 2.74 bits per heavy atom. The number of nitrogens with one attached hydrogen (secondary N) is 1. The summed E-state index contributed by atoms with van der Waals surface area (Å²) in [5, 5.41) is 13.6. The summed E-state index contributed by atoms with van der Waals surface area (Å²) in [6.45, 7) is 9.54. The molecule has 2 amide bonds. The fourth-order valence-electron chi connectivity index (χ4n) is 4.49. The Balaban J connectivity index is 1.96. The molecule has 2 rings (SSSR count). The Labute approximate surface area is 210 Å². The van der Waals surface area contributed by atoms with Gasteiger partial charge in [-0.15, -0.1) is 0 Å². The maximum atomic E-state index is 13.4. The van der Waals surface area contributed by atoms with Gasteiger partial charge in [0.1, 0.15) is 11.9 Å². The number of anilines is 1. The van der Waals surface area contributed by atoms with Gasteiger partial charge in [-0.2, -0.15) is 0 Å². The maximum absolute atomic E-state index is 13.4. The highest BCUT2D eigenvalue weighted by molar-refractivity contribution is 5.95. The highest BCUT2D eigenvalue weighted by Crippen LogP contribution is 2.36. The molecule has 0 saturated carbocycles. The Kier molecular flexibility index (Phi) is 11.5. The van der Waals surface area contributed by atoms with Crippen molar-refractivity contribution in [2.45, 2.75) is 84.5 Å². The Morgan fingerprint density at radius 2 is 2.06 bits per heavy atom. The molecule has 0 saturated heterocycles. The van der Waals surface area contributed by atoms with Crippen LogP contribution in [-0.4, -0.2) is 62.0 Å². The van der Waals surface area contributed by atoms with Crippen LogP contribution in [0.3, 0.4) is 0 Å². The molecule has 0 fully saturated rings.